The van der Waals surface area contributed by atoms with Crippen LogP contribution in [0.2, 0.25) is 10.0 Å². The minimum absolute atomic E-state index is 0.0551. The fourth-order valence-corrected chi connectivity index (χ4v) is 3.16. The summed E-state index contributed by atoms with van der Waals surface area (Å²) in [6, 6.07) is 7.57. The minimum atomic E-state index is -3.75. The van der Waals surface area contributed by atoms with Gasteiger partial charge in [-0.1, -0.05) is 23.2 Å². The van der Waals surface area contributed by atoms with Crippen LogP contribution in [0.3, 0.4) is 0 Å². The van der Waals surface area contributed by atoms with Crippen LogP contribution in [0.25, 0.3) is 0 Å². The summed E-state index contributed by atoms with van der Waals surface area (Å²) in [7, 11) is -3.75. The average molecular weight is 304 g/mol. The molecule has 1 aromatic carbocycles. The summed E-state index contributed by atoms with van der Waals surface area (Å²) >= 11 is 11.6. The molecule has 0 atom stereocenters. The van der Waals surface area contributed by atoms with Gasteiger partial charge in [-0.15, -0.1) is 0 Å². The van der Waals surface area contributed by atoms with E-state index < -0.39 is 10.0 Å². The van der Waals surface area contributed by atoms with E-state index in [1.807, 2.05) is 0 Å². The first kappa shape index (κ1) is 13.1. The van der Waals surface area contributed by atoms with Crippen LogP contribution in [0.5, 0.6) is 0 Å². The third kappa shape index (κ3) is 2.93. The number of anilines is 1. The smallest absolute Gasteiger partial charge is 0.263 e. The number of H-pyrrole nitrogens is 1. The summed E-state index contributed by atoms with van der Waals surface area (Å²) in [6.45, 7) is 0. The summed E-state index contributed by atoms with van der Waals surface area (Å²) in [5.41, 5.74) is 0.411. The molecule has 0 aliphatic heterocycles. The third-order valence-corrected chi connectivity index (χ3v) is 4.24. The molecule has 2 rings (SSSR count). The van der Waals surface area contributed by atoms with Crippen LogP contribution in [-0.4, -0.2) is 8.42 Å². The topological polar surface area (TPSA) is 60.3 Å². The second-order valence-corrected chi connectivity index (χ2v) is 5.97. The standard InChI is InChI=1S/C11H8Cl2N2O2S/c12-8-3-4-10(13)11(6-8)18(16,17)15-9-2-1-5-14-7-9/h1-7,15H/p+1. The number of rotatable bonds is 3. The maximum absolute atomic E-state index is 12.1. The summed E-state index contributed by atoms with van der Waals surface area (Å²) in [6.07, 6.45) is 3.19. The predicted molar refractivity (Wildman–Crippen MR) is 70.3 cm³/mol. The Balaban J connectivity index is 2.40. The van der Waals surface area contributed by atoms with Crippen LogP contribution >= 0.6 is 23.2 Å². The van der Waals surface area contributed by atoms with E-state index in [9.17, 15) is 8.42 Å². The quantitative estimate of drug-likeness (QED) is 0.947. The summed E-state index contributed by atoms with van der Waals surface area (Å²) in [5, 5.41) is 0.422. The first-order valence-corrected chi connectivity index (χ1v) is 7.17. The molecule has 4 nitrogen and oxygen atoms in total. The number of halogens is 2. The van der Waals surface area contributed by atoms with Gasteiger partial charge in [-0.25, -0.2) is 13.4 Å². The Hall–Kier alpha value is -1.30. The molecule has 0 aliphatic carbocycles. The lowest BCUT2D eigenvalue weighted by atomic mass is 10.4. The highest BCUT2D eigenvalue weighted by atomic mass is 35.5. The summed E-state index contributed by atoms with van der Waals surface area (Å²) < 4.78 is 26.6. The molecule has 0 saturated carbocycles. The summed E-state index contributed by atoms with van der Waals surface area (Å²) in [5.74, 6) is 0. The zero-order valence-corrected chi connectivity index (χ0v) is 11.4. The van der Waals surface area contributed by atoms with Crippen molar-refractivity contribution in [2.75, 3.05) is 4.72 Å². The van der Waals surface area contributed by atoms with Gasteiger partial charge >= 0.3 is 0 Å². The normalized spacial score (nSPS) is 11.2. The Morgan fingerprint density at radius 3 is 2.61 bits per heavy atom. The molecule has 1 heterocycles. The number of aromatic amines is 1. The molecule has 0 amide bonds. The van der Waals surface area contributed by atoms with Crippen molar-refractivity contribution in [2.24, 2.45) is 0 Å². The Bertz CT molecular complexity index is 660. The lowest BCUT2D eigenvalue weighted by molar-refractivity contribution is -0.376. The van der Waals surface area contributed by atoms with Crippen molar-refractivity contribution in [2.45, 2.75) is 4.90 Å². The average Bonchev–Trinajstić information content (AvgIpc) is 2.33. The van der Waals surface area contributed by atoms with Crippen LogP contribution in [0.15, 0.2) is 47.6 Å². The van der Waals surface area contributed by atoms with Crippen molar-refractivity contribution in [1.29, 1.82) is 0 Å². The van der Waals surface area contributed by atoms with Crippen LogP contribution in [0, 0.1) is 0 Å². The van der Waals surface area contributed by atoms with E-state index in [1.165, 1.54) is 24.4 Å². The highest BCUT2D eigenvalue weighted by molar-refractivity contribution is 7.92. The molecule has 1 aromatic heterocycles. The third-order valence-electron chi connectivity index (χ3n) is 2.14. The van der Waals surface area contributed by atoms with Gasteiger partial charge < -0.3 is 0 Å². The number of pyridine rings is 1. The second kappa shape index (κ2) is 5.14. The Morgan fingerprint density at radius 2 is 1.94 bits per heavy atom. The van der Waals surface area contributed by atoms with Gasteiger partial charge in [0.2, 0.25) is 0 Å². The highest BCUT2D eigenvalue weighted by Crippen LogP contribution is 2.26. The van der Waals surface area contributed by atoms with Gasteiger partial charge in [-0.05, 0) is 24.3 Å². The number of aromatic nitrogens is 1. The van der Waals surface area contributed by atoms with E-state index in [-0.39, 0.29) is 9.92 Å². The minimum Gasteiger partial charge on any atom is -0.274 e. The highest BCUT2D eigenvalue weighted by Gasteiger charge is 2.19. The zero-order chi connectivity index (χ0) is 13.2. The number of sulfonamides is 1. The number of nitrogens with one attached hydrogen (secondary N) is 2. The van der Waals surface area contributed by atoms with E-state index in [2.05, 4.69) is 9.71 Å². The summed E-state index contributed by atoms with van der Waals surface area (Å²) in [4.78, 5) is 2.72. The van der Waals surface area contributed by atoms with Crippen molar-refractivity contribution < 1.29 is 13.4 Å². The van der Waals surface area contributed by atoms with Crippen molar-refractivity contribution in [1.82, 2.24) is 0 Å². The SMILES string of the molecule is O=S(=O)(Nc1ccc[nH+]c1)c1cc(Cl)ccc1Cl. The molecule has 0 unspecified atom stereocenters. The van der Waals surface area contributed by atoms with E-state index in [0.717, 1.165) is 0 Å². The molecule has 0 radical (unpaired) electrons. The van der Waals surface area contributed by atoms with Gasteiger partial charge in [-0.2, -0.15) is 0 Å². The molecule has 0 aliphatic rings. The van der Waals surface area contributed by atoms with Crippen LogP contribution in [0.4, 0.5) is 5.69 Å². The molecule has 7 heteroatoms. The monoisotopic (exact) mass is 303 g/mol. The second-order valence-electron chi connectivity index (χ2n) is 3.47. The molecule has 0 saturated heterocycles. The van der Waals surface area contributed by atoms with Crippen molar-refractivity contribution in [3.05, 3.63) is 52.8 Å². The molecule has 0 bridgehead atoms. The van der Waals surface area contributed by atoms with E-state index in [4.69, 9.17) is 23.2 Å². The first-order valence-electron chi connectivity index (χ1n) is 4.93. The number of hydrogen-bond acceptors (Lipinski definition) is 2. The number of benzene rings is 1. The largest absolute Gasteiger partial charge is 0.274 e. The van der Waals surface area contributed by atoms with E-state index >= 15 is 0 Å². The molecular formula is C11H9Cl2N2O2S+. The molecular weight excluding hydrogens is 295 g/mol. The van der Waals surface area contributed by atoms with E-state index in [1.54, 1.807) is 18.3 Å². The van der Waals surface area contributed by atoms with Crippen LogP contribution in [-0.2, 0) is 10.0 Å². The fourth-order valence-electron chi connectivity index (χ4n) is 1.35. The molecule has 0 fully saturated rings. The maximum Gasteiger partial charge on any atom is 0.263 e. The van der Waals surface area contributed by atoms with Gasteiger partial charge in [0.25, 0.3) is 10.0 Å². The fraction of sp³-hybridized carbons (Fsp3) is 0. The van der Waals surface area contributed by atoms with Crippen LogP contribution < -0.4 is 9.71 Å². The molecule has 2 aromatic rings. The lowest BCUT2D eigenvalue weighted by Crippen LogP contribution is -2.15. The predicted octanol–water partition coefficient (Wildman–Crippen LogP) is 2.61. The van der Waals surface area contributed by atoms with Gasteiger partial charge in [-0.3, -0.25) is 4.72 Å². The Kier molecular flexibility index (Phi) is 3.75. The van der Waals surface area contributed by atoms with E-state index in [0.29, 0.717) is 10.7 Å². The molecule has 0 spiro atoms. The molecule has 94 valence electrons. The Morgan fingerprint density at radius 1 is 1.17 bits per heavy atom. The maximum atomic E-state index is 12.1. The van der Waals surface area contributed by atoms with Crippen molar-refractivity contribution in [3.63, 3.8) is 0 Å². The molecule has 18 heavy (non-hydrogen) atoms. The number of hydrogen-bond donors (Lipinski definition) is 1. The van der Waals surface area contributed by atoms with Gasteiger partial charge in [0, 0.05) is 11.1 Å². The van der Waals surface area contributed by atoms with Crippen molar-refractivity contribution in [3.8, 4) is 0 Å². The van der Waals surface area contributed by atoms with Gasteiger partial charge in [0.15, 0.2) is 12.4 Å². The first-order chi connectivity index (χ1) is 8.49. The van der Waals surface area contributed by atoms with Crippen LogP contribution in [0.1, 0.15) is 0 Å². The Labute approximate surface area is 115 Å². The van der Waals surface area contributed by atoms with Gasteiger partial charge in [0.05, 0.1) is 5.02 Å². The van der Waals surface area contributed by atoms with Gasteiger partial charge in [0.1, 0.15) is 10.6 Å². The zero-order valence-electron chi connectivity index (χ0n) is 9.02. The van der Waals surface area contributed by atoms with Crippen molar-refractivity contribution >= 4 is 38.9 Å². The lowest BCUT2D eigenvalue weighted by Gasteiger charge is -2.08. The molecule has 2 N–H and O–H groups in total.